The largest absolute Gasteiger partial charge is 0.508 e. The number of hydrogen-bond donors (Lipinski definition) is 16. The van der Waals surface area contributed by atoms with Gasteiger partial charge >= 0.3 is 5.97 Å². The number of aromatic amines is 1. The Bertz CT molecular complexity index is 3360. The average molecular weight is 1390 g/mol. The zero-order valence-electron chi connectivity index (χ0n) is 54.6. The molecule has 19 N–H and O–H groups in total. The van der Waals surface area contributed by atoms with Crippen LogP contribution in [0.5, 0.6) is 11.5 Å². The molecule has 528 valence electrons. The predicted molar refractivity (Wildman–Crippen MR) is 364 cm³/mol. The summed E-state index contributed by atoms with van der Waals surface area (Å²) in [7, 11) is 1.82. The number of fused-ring (bicyclic) bond motifs is 1. The highest BCUT2D eigenvalue weighted by Crippen LogP contribution is 2.26. The molecule has 1 unspecified atom stereocenters. The SMILES string of the molecule is CCC(C)[C@@H]1NC(=O)[C@@H](NC(=O)[C@H](Cc2ccc(O)cc2)NC(=O)[C@@H]2CCCN2C(=O)CCN)CSSC[C@@H](C(N)=O)NC(=O)[C@H](CCC(=O)O)NC(=O)[C@H](Cc2c[nH]c3ccccc23)NC(=O)CCCCCNC(=O)[C@H](CCCCN)NC(=O)[C@H](Cc2ccc(O)cc2)NC1=O. The summed E-state index contributed by atoms with van der Waals surface area (Å²) < 4.78 is 0. The number of carbonyl (C=O) groups is 12. The molecule has 2 aliphatic heterocycles. The number of carbonyl (C=O) groups excluding carboxylic acids is 11. The van der Waals surface area contributed by atoms with E-state index < -0.39 is 138 Å². The van der Waals surface area contributed by atoms with E-state index in [2.05, 4.69) is 52.8 Å². The zero-order valence-corrected chi connectivity index (χ0v) is 56.2. The number of hydrogen-bond acceptors (Lipinski definition) is 18. The van der Waals surface area contributed by atoms with Crippen LogP contribution in [-0.2, 0) is 76.8 Å². The van der Waals surface area contributed by atoms with E-state index in [1.807, 2.05) is 18.2 Å². The van der Waals surface area contributed by atoms with Gasteiger partial charge in [0.25, 0.3) is 0 Å². The Labute approximate surface area is 570 Å². The maximum Gasteiger partial charge on any atom is 0.303 e. The third kappa shape index (κ3) is 24.6. The van der Waals surface area contributed by atoms with Crippen LogP contribution in [-0.4, -0.2) is 188 Å². The number of likely N-dealkylation sites (tertiary alicyclic amines) is 1. The smallest absolute Gasteiger partial charge is 0.303 e. The highest BCUT2D eigenvalue weighted by atomic mass is 33.1. The van der Waals surface area contributed by atoms with Crippen LogP contribution in [0.4, 0.5) is 0 Å². The number of phenolic OH excluding ortho intramolecular Hbond substituents is 2. The fourth-order valence-corrected chi connectivity index (χ4v) is 13.5. The van der Waals surface area contributed by atoms with Gasteiger partial charge in [0.2, 0.25) is 65.0 Å². The Morgan fingerprint density at radius 2 is 1.31 bits per heavy atom. The predicted octanol–water partition coefficient (Wildman–Crippen LogP) is 0.422. The molecule has 29 nitrogen and oxygen atoms in total. The van der Waals surface area contributed by atoms with Crippen LogP contribution in [0.3, 0.4) is 0 Å². The molecular formula is C66H92N14O15S2. The van der Waals surface area contributed by atoms with Crippen molar-refractivity contribution in [2.45, 2.75) is 171 Å². The van der Waals surface area contributed by atoms with E-state index in [9.17, 15) is 68.1 Å². The number of para-hydroxylation sites is 1. The second kappa shape index (κ2) is 39.3. The van der Waals surface area contributed by atoms with Gasteiger partial charge in [-0.05, 0) is 111 Å². The van der Waals surface area contributed by atoms with E-state index >= 15 is 4.79 Å². The lowest BCUT2D eigenvalue weighted by molar-refractivity contribution is -0.139. The van der Waals surface area contributed by atoms with Crippen molar-refractivity contribution in [2.75, 3.05) is 37.7 Å². The minimum Gasteiger partial charge on any atom is -0.508 e. The Morgan fingerprint density at radius 3 is 1.97 bits per heavy atom. The number of carboxylic acids is 1. The Morgan fingerprint density at radius 1 is 0.670 bits per heavy atom. The first-order chi connectivity index (χ1) is 46.5. The van der Waals surface area contributed by atoms with E-state index in [-0.39, 0.29) is 99.9 Å². The number of amides is 11. The van der Waals surface area contributed by atoms with Gasteiger partial charge < -0.3 is 90.3 Å². The van der Waals surface area contributed by atoms with Gasteiger partial charge in [0.15, 0.2) is 0 Å². The van der Waals surface area contributed by atoms with Gasteiger partial charge in [-0.1, -0.05) is 90.7 Å². The molecule has 31 heteroatoms. The summed E-state index contributed by atoms with van der Waals surface area (Å²) in [6.45, 7) is 4.14. The monoisotopic (exact) mass is 1380 g/mol. The van der Waals surface area contributed by atoms with Crippen LogP contribution < -0.4 is 65.1 Å². The third-order valence-electron chi connectivity index (χ3n) is 16.9. The number of primary amides is 1. The molecule has 3 aromatic carbocycles. The first-order valence-electron chi connectivity index (χ1n) is 32.7. The Hall–Kier alpha value is -8.94. The second-order valence-corrected chi connectivity index (χ2v) is 26.8. The Kier molecular flexibility index (Phi) is 31.2. The summed E-state index contributed by atoms with van der Waals surface area (Å²) in [5, 5.41) is 55.4. The van der Waals surface area contributed by atoms with Crippen LogP contribution >= 0.6 is 21.6 Å². The molecule has 6 rings (SSSR count). The van der Waals surface area contributed by atoms with Gasteiger partial charge in [-0.2, -0.15) is 0 Å². The van der Waals surface area contributed by atoms with Gasteiger partial charge in [-0.3, -0.25) is 57.5 Å². The number of unbranched alkanes of at least 4 members (excludes halogenated alkanes) is 1. The number of H-pyrrole nitrogens is 1. The molecule has 0 aliphatic carbocycles. The molecule has 10 atom stereocenters. The lowest BCUT2D eigenvalue weighted by Gasteiger charge is -2.30. The number of aromatic hydroxyl groups is 2. The number of phenols is 2. The molecule has 3 heterocycles. The van der Waals surface area contributed by atoms with Crippen molar-refractivity contribution >= 4 is 103 Å². The summed E-state index contributed by atoms with van der Waals surface area (Å²) in [5.41, 5.74) is 19.7. The van der Waals surface area contributed by atoms with E-state index in [4.69, 9.17) is 17.2 Å². The first-order valence-corrected chi connectivity index (χ1v) is 35.2. The summed E-state index contributed by atoms with van der Waals surface area (Å²) in [6.07, 6.45) is 3.31. The number of rotatable bonds is 22. The van der Waals surface area contributed by atoms with E-state index in [0.29, 0.717) is 61.8 Å². The number of nitrogens with zero attached hydrogens (tertiary/aromatic N) is 1. The molecule has 0 spiro atoms. The highest BCUT2D eigenvalue weighted by molar-refractivity contribution is 8.76. The van der Waals surface area contributed by atoms with Crippen molar-refractivity contribution in [2.24, 2.45) is 23.1 Å². The van der Waals surface area contributed by atoms with Crippen molar-refractivity contribution in [3.8, 4) is 11.5 Å². The third-order valence-corrected chi connectivity index (χ3v) is 19.3. The molecular weight excluding hydrogens is 1290 g/mol. The van der Waals surface area contributed by atoms with Gasteiger partial charge in [0, 0.05) is 86.8 Å². The summed E-state index contributed by atoms with van der Waals surface area (Å²) in [5.74, 6) is -11.2. The molecule has 4 aromatic rings. The zero-order chi connectivity index (χ0) is 70.6. The molecule has 0 bridgehead atoms. The minimum absolute atomic E-state index is 0.0293. The lowest BCUT2D eigenvalue weighted by Crippen LogP contribution is -2.61. The number of nitrogens with one attached hydrogen (secondary N) is 10. The van der Waals surface area contributed by atoms with Crippen LogP contribution in [0.2, 0.25) is 0 Å². The van der Waals surface area contributed by atoms with Gasteiger partial charge in [-0.25, -0.2) is 0 Å². The number of aromatic nitrogens is 1. The molecule has 1 aromatic heterocycles. The molecule has 97 heavy (non-hydrogen) atoms. The van der Waals surface area contributed by atoms with Gasteiger partial charge in [-0.15, -0.1) is 0 Å². The number of aliphatic carboxylic acids is 1. The molecule has 11 amide bonds. The van der Waals surface area contributed by atoms with Crippen molar-refractivity contribution in [3.63, 3.8) is 0 Å². The molecule has 2 fully saturated rings. The summed E-state index contributed by atoms with van der Waals surface area (Å²) in [6, 6.07) is 6.58. The van der Waals surface area contributed by atoms with Crippen molar-refractivity contribution in [3.05, 3.63) is 95.7 Å². The fourth-order valence-electron chi connectivity index (χ4n) is 11.2. The van der Waals surface area contributed by atoms with E-state index in [1.54, 1.807) is 38.2 Å². The van der Waals surface area contributed by atoms with Crippen molar-refractivity contribution in [1.29, 1.82) is 0 Å². The maximum absolute atomic E-state index is 15.1. The van der Waals surface area contributed by atoms with Gasteiger partial charge in [0.1, 0.15) is 65.9 Å². The van der Waals surface area contributed by atoms with Crippen LogP contribution in [0.1, 0.15) is 114 Å². The van der Waals surface area contributed by atoms with Gasteiger partial charge in [0.05, 0.1) is 0 Å². The van der Waals surface area contributed by atoms with E-state index in [1.165, 1.54) is 41.3 Å². The second-order valence-electron chi connectivity index (χ2n) is 24.2. The van der Waals surface area contributed by atoms with Crippen molar-refractivity contribution in [1.82, 2.24) is 57.7 Å². The summed E-state index contributed by atoms with van der Waals surface area (Å²) >= 11 is 0. The maximum atomic E-state index is 15.1. The molecule has 0 saturated carbocycles. The minimum atomic E-state index is -1.59. The molecule has 0 radical (unpaired) electrons. The lowest BCUT2D eigenvalue weighted by atomic mass is 9.96. The standard InChI is InChI=1S/C66H92N14O15S2/c1-3-38(2)57-66(95)76-49(33-40-19-23-43(82)24-20-40)61(90)73-46(14-8-9-28-67)59(88)70-30-10-4-5-16-54(83)72-50(34-41-35-71-45-13-7-6-12-44(41)45)63(92)74-47(25-26-56(85)86)60(89)77-51(58(69)87)36-96-97-37-52(64(93)79-57)78-62(91)48(32-39-17-21-42(81)22-18-39)75-65(94)53-15-11-31-80(53)55(84)27-29-68/h6-7,12-13,17-24,35,38,46-53,57,71,81-82H,3-5,8-11,14-16,25-34,36-37,67-68H2,1-2H3,(H2,69,87)(H,70,88)(H,72,83)(H,73,90)(H,74,92)(H,75,94)(H,76,95)(H,77,89)(H,78,91)(H,79,93)(H,85,86)/t38?,46-,47-,48-,49-,50-,51-,52-,53-,57-/m0/s1. The average Bonchev–Trinajstić information content (AvgIpc) is 1.74. The van der Waals surface area contributed by atoms with Crippen LogP contribution in [0.25, 0.3) is 10.9 Å². The molecule has 2 aliphatic rings. The number of nitrogens with two attached hydrogens (primary N) is 3. The fraction of sp³-hybridized carbons (Fsp3) is 0.515. The first kappa shape index (κ1) is 77.1. The Balaban J connectivity index is 1.37. The highest BCUT2D eigenvalue weighted by Gasteiger charge is 2.39. The van der Waals surface area contributed by atoms with E-state index in [0.717, 1.165) is 32.5 Å². The number of carboxylic acid groups (broad SMARTS) is 1. The normalized spacial score (nSPS) is 22.6. The number of benzene rings is 3. The van der Waals surface area contributed by atoms with Crippen LogP contribution in [0.15, 0.2) is 79.0 Å². The molecule has 2 saturated heterocycles. The van der Waals surface area contributed by atoms with Crippen molar-refractivity contribution < 1.29 is 72.9 Å². The topological polar surface area (TPSA) is 471 Å². The summed E-state index contributed by atoms with van der Waals surface area (Å²) in [4.78, 5) is 173. The van der Waals surface area contributed by atoms with Crippen LogP contribution in [0, 0.1) is 5.92 Å². The quantitative estimate of drug-likeness (QED) is 0.0374.